The molecule has 0 aliphatic rings. The third-order valence-electron chi connectivity index (χ3n) is 1.89. The van der Waals surface area contributed by atoms with E-state index in [1.807, 2.05) is 0 Å². The highest BCUT2D eigenvalue weighted by Crippen LogP contribution is 2.07. The molecule has 4 nitrogen and oxygen atoms in total. The first kappa shape index (κ1) is 12.4. The molecule has 0 radical (unpaired) electrons. The largest absolute Gasteiger partial charge is 0.481 e. The van der Waals surface area contributed by atoms with Gasteiger partial charge in [-0.05, 0) is 12.8 Å². The third-order valence-corrected chi connectivity index (χ3v) is 1.89. The molecule has 0 spiro atoms. The van der Waals surface area contributed by atoms with Gasteiger partial charge in [0.2, 0.25) is 0 Å². The van der Waals surface area contributed by atoms with E-state index in [4.69, 9.17) is 15.3 Å². The van der Waals surface area contributed by atoms with Gasteiger partial charge in [0.05, 0.1) is 12.7 Å². The Hall–Kier alpha value is -0.610. The predicted octanol–water partition coefficient (Wildman–Crippen LogP) is 0.765. The van der Waals surface area contributed by atoms with Gasteiger partial charge < -0.3 is 15.3 Å². The van der Waals surface area contributed by atoms with Gasteiger partial charge in [-0.25, -0.2) is 0 Å². The minimum absolute atomic E-state index is 0.185. The predicted molar refractivity (Wildman–Crippen MR) is 48.4 cm³/mol. The lowest BCUT2D eigenvalue weighted by Crippen LogP contribution is -2.11. The van der Waals surface area contributed by atoms with Gasteiger partial charge >= 0.3 is 5.97 Å². The molecule has 0 aromatic rings. The lowest BCUT2D eigenvalue weighted by Gasteiger charge is -2.05. The maximum Gasteiger partial charge on any atom is 0.303 e. The number of rotatable bonds is 8. The highest BCUT2D eigenvalue weighted by atomic mass is 16.4. The van der Waals surface area contributed by atoms with E-state index in [2.05, 4.69) is 0 Å². The molecule has 13 heavy (non-hydrogen) atoms. The van der Waals surface area contributed by atoms with Crippen molar-refractivity contribution in [2.75, 3.05) is 6.61 Å². The highest BCUT2D eigenvalue weighted by Gasteiger charge is 2.01. The summed E-state index contributed by atoms with van der Waals surface area (Å²) in [6.07, 6.45) is 3.56. The summed E-state index contributed by atoms with van der Waals surface area (Å²) < 4.78 is 0. The van der Waals surface area contributed by atoms with Crippen molar-refractivity contribution in [3.05, 3.63) is 0 Å². The van der Waals surface area contributed by atoms with Crippen LogP contribution in [0.1, 0.15) is 38.5 Å². The molecule has 0 aliphatic heterocycles. The number of carbonyl (C=O) groups is 1. The van der Waals surface area contributed by atoms with Gasteiger partial charge in [0.15, 0.2) is 0 Å². The second-order valence-corrected chi connectivity index (χ2v) is 3.18. The summed E-state index contributed by atoms with van der Waals surface area (Å²) in [7, 11) is 0. The van der Waals surface area contributed by atoms with E-state index in [1.54, 1.807) is 0 Å². The van der Waals surface area contributed by atoms with Crippen LogP contribution in [0, 0.1) is 0 Å². The van der Waals surface area contributed by atoms with Crippen molar-refractivity contribution in [2.45, 2.75) is 44.6 Å². The van der Waals surface area contributed by atoms with Crippen LogP contribution in [0.3, 0.4) is 0 Å². The topological polar surface area (TPSA) is 77.8 Å². The second-order valence-electron chi connectivity index (χ2n) is 3.18. The van der Waals surface area contributed by atoms with Crippen molar-refractivity contribution in [1.82, 2.24) is 0 Å². The summed E-state index contributed by atoms with van der Waals surface area (Å²) >= 11 is 0. The molecule has 0 aliphatic carbocycles. The third kappa shape index (κ3) is 9.30. The Morgan fingerprint density at radius 3 is 2.31 bits per heavy atom. The van der Waals surface area contributed by atoms with Crippen molar-refractivity contribution in [2.24, 2.45) is 0 Å². The summed E-state index contributed by atoms with van der Waals surface area (Å²) in [5.74, 6) is -0.754. The first-order valence-corrected chi connectivity index (χ1v) is 4.67. The average Bonchev–Trinajstić information content (AvgIpc) is 2.10. The van der Waals surface area contributed by atoms with Crippen molar-refractivity contribution in [1.29, 1.82) is 0 Å². The second kappa shape index (κ2) is 8.01. The summed E-state index contributed by atoms with van der Waals surface area (Å²) in [5.41, 5.74) is 0. The van der Waals surface area contributed by atoms with Crippen LogP contribution >= 0.6 is 0 Å². The number of hydrogen-bond donors (Lipinski definition) is 3. The fourth-order valence-electron chi connectivity index (χ4n) is 1.10. The molecular formula is C9H18O4. The minimum atomic E-state index is -0.754. The molecule has 1 unspecified atom stereocenters. The molecule has 0 saturated heterocycles. The van der Waals surface area contributed by atoms with Crippen molar-refractivity contribution < 1.29 is 20.1 Å². The number of carboxylic acids is 1. The molecule has 0 saturated carbocycles. The molecule has 0 fully saturated rings. The quantitative estimate of drug-likeness (QED) is 0.494. The molecule has 78 valence electrons. The average molecular weight is 190 g/mol. The highest BCUT2D eigenvalue weighted by molar-refractivity contribution is 5.66. The number of hydrogen-bond acceptors (Lipinski definition) is 3. The number of unbranched alkanes of at least 4 members (excludes halogenated alkanes) is 3. The van der Waals surface area contributed by atoms with Gasteiger partial charge in [-0.1, -0.05) is 19.3 Å². The zero-order chi connectivity index (χ0) is 10.1. The lowest BCUT2D eigenvalue weighted by atomic mass is 10.1. The molecule has 0 aromatic heterocycles. The van der Waals surface area contributed by atoms with E-state index in [9.17, 15) is 4.79 Å². The fraction of sp³-hybridized carbons (Fsp3) is 0.889. The lowest BCUT2D eigenvalue weighted by molar-refractivity contribution is -0.137. The Bertz CT molecular complexity index is 136. The summed E-state index contributed by atoms with van der Waals surface area (Å²) in [5, 5.41) is 25.8. The van der Waals surface area contributed by atoms with Gasteiger partial charge in [-0.3, -0.25) is 4.79 Å². The Labute approximate surface area is 78.2 Å². The van der Waals surface area contributed by atoms with E-state index >= 15 is 0 Å². The summed E-state index contributed by atoms with van der Waals surface area (Å²) in [6, 6.07) is 0. The molecule has 0 aromatic carbocycles. The number of aliphatic hydroxyl groups excluding tert-OH is 2. The van der Waals surface area contributed by atoms with Crippen LogP contribution in [-0.2, 0) is 4.79 Å². The smallest absolute Gasteiger partial charge is 0.303 e. The molecule has 0 heterocycles. The van der Waals surface area contributed by atoms with Crippen LogP contribution in [-0.4, -0.2) is 34.0 Å². The Morgan fingerprint density at radius 1 is 1.15 bits per heavy atom. The number of carboxylic acid groups (broad SMARTS) is 1. The van der Waals surface area contributed by atoms with Gasteiger partial charge in [0.25, 0.3) is 0 Å². The normalized spacial score (nSPS) is 12.8. The molecule has 4 heteroatoms. The summed E-state index contributed by atoms with van der Waals surface area (Å²) in [6.45, 7) is -0.185. The van der Waals surface area contributed by atoms with Crippen LogP contribution in [0.15, 0.2) is 0 Å². The van der Waals surface area contributed by atoms with E-state index in [0.29, 0.717) is 12.8 Å². The van der Waals surface area contributed by atoms with Gasteiger partial charge in [-0.2, -0.15) is 0 Å². The number of aliphatic hydroxyl groups is 2. The van der Waals surface area contributed by atoms with Crippen LogP contribution in [0.4, 0.5) is 0 Å². The first-order valence-electron chi connectivity index (χ1n) is 4.67. The van der Waals surface area contributed by atoms with Crippen LogP contribution < -0.4 is 0 Å². The van der Waals surface area contributed by atoms with Crippen molar-refractivity contribution in [3.8, 4) is 0 Å². The molecular weight excluding hydrogens is 172 g/mol. The van der Waals surface area contributed by atoms with Crippen LogP contribution in [0.5, 0.6) is 0 Å². The zero-order valence-electron chi connectivity index (χ0n) is 7.78. The van der Waals surface area contributed by atoms with E-state index < -0.39 is 12.1 Å². The minimum Gasteiger partial charge on any atom is -0.481 e. The Kier molecular flexibility index (Phi) is 7.63. The zero-order valence-corrected chi connectivity index (χ0v) is 7.78. The van der Waals surface area contributed by atoms with Crippen molar-refractivity contribution >= 4 is 5.97 Å². The molecule has 3 N–H and O–H groups in total. The fourth-order valence-corrected chi connectivity index (χ4v) is 1.10. The monoisotopic (exact) mass is 190 g/mol. The standard InChI is InChI=1S/C9H18O4/c10-7-8(11)5-3-1-2-4-6-9(12)13/h8,10-11H,1-7H2,(H,12,13). The Morgan fingerprint density at radius 2 is 1.77 bits per heavy atom. The maximum absolute atomic E-state index is 10.1. The van der Waals surface area contributed by atoms with Gasteiger partial charge in [-0.15, -0.1) is 0 Å². The first-order chi connectivity index (χ1) is 6.16. The van der Waals surface area contributed by atoms with Crippen molar-refractivity contribution in [3.63, 3.8) is 0 Å². The molecule has 0 rings (SSSR count). The van der Waals surface area contributed by atoms with Crippen LogP contribution in [0.25, 0.3) is 0 Å². The van der Waals surface area contributed by atoms with Gasteiger partial charge in [0, 0.05) is 6.42 Å². The summed E-state index contributed by atoms with van der Waals surface area (Å²) in [4.78, 5) is 10.1. The number of aliphatic carboxylic acids is 1. The SMILES string of the molecule is O=C(O)CCCCCCC(O)CO. The molecule has 1 atom stereocenters. The van der Waals surface area contributed by atoms with Gasteiger partial charge in [0.1, 0.15) is 0 Å². The molecule has 0 bridgehead atoms. The molecule has 0 amide bonds. The Balaban J connectivity index is 3.04. The van der Waals surface area contributed by atoms with Crippen LogP contribution in [0.2, 0.25) is 0 Å². The van der Waals surface area contributed by atoms with E-state index in [1.165, 1.54) is 0 Å². The van der Waals surface area contributed by atoms with E-state index in [0.717, 1.165) is 19.3 Å². The maximum atomic E-state index is 10.1. The van der Waals surface area contributed by atoms with E-state index in [-0.39, 0.29) is 13.0 Å².